The first-order valence-electron chi connectivity index (χ1n) is 8.28. The fourth-order valence-corrected chi connectivity index (χ4v) is 3.35. The molecule has 5 heteroatoms. The highest BCUT2D eigenvalue weighted by Gasteiger charge is 2.37. The van der Waals surface area contributed by atoms with Crippen LogP contribution in [0.2, 0.25) is 0 Å². The maximum atomic E-state index is 13.1. The number of amides is 1. The minimum atomic E-state index is -0.488. The van der Waals surface area contributed by atoms with Gasteiger partial charge in [-0.1, -0.05) is 46.3 Å². The molecule has 1 aliphatic heterocycles. The van der Waals surface area contributed by atoms with E-state index in [1.54, 1.807) is 24.8 Å². The molecule has 132 valence electrons. The molecule has 0 aromatic heterocycles. The number of nitrogens with zero attached hydrogens (tertiary/aromatic N) is 1. The number of anilines is 1. The predicted octanol–water partition coefficient (Wildman–Crippen LogP) is 4.72. The van der Waals surface area contributed by atoms with E-state index < -0.39 is 5.97 Å². The molecule has 0 saturated heterocycles. The van der Waals surface area contributed by atoms with E-state index in [0.717, 1.165) is 15.7 Å². The second-order valence-corrected chi connectivity index (χ2v) is 6.69. The van der Waals surface area contributed by atoms with Gasteiger partial charge in [0.25, 0.3) is 5.91 Å². The van der Waals surface area contributed by atoms with E-state index >= 15 is 0 Å². The number of carbonyl (C=O) groups is 2. The maximum Gasteiger partial charge on any atom is 0.340 e. The Labute approximate surface area is 160 Å². The Morgan fingerprint density at radius 1 is 1.15 bits per heavy atom. The lowest BCUT2D eigenvalue weighted by molar-refractivity contribution is -0.138. The fraction of sp³-hybridized carbons (Fsp3) is 0.143. The number of ether oxygens (including phenoxy) is 1. The van der Waals surface area contributed by atoms with Crippen LogP contribution in [-0.2, 0) is 14.3 Å². The third-order valence-electron chi connectivity index (χ3n) is 4.05. The lowest BCUT2D eigenvalue weighted by atomic mass is 10.0. The maximum absolute atomic E-state index is 13.1. The Bertz CT molecular complexity index is 916. The Kier molecular flexibility index (Phi) is 5.38. The topological polar surface area (TPSA) is 46.6 Å². The summed E-state index contributed by atoms with van der Waals surface area (Å²) in [6.45, 7) is 3.76. The first-order chi connectivity index (χ1) is 12.5. The van der Waals surface area contributed by atoms with Crippen molar-refractivity contribution in [2.45, 2.75) is 13.8 Å². The zero-order valence-corrected chi connectivity index (χ0v) is 16.1. The summed E-state index contributed by atoms with van der Waals surface area (Å²) >= 11 is 3.43. The van der Waals surface area contributed by atoms with E-state index in [9.17, 15) is 9.59 Å². The Hall–Kier alpha value is -2.66. The van der Waals surface area contributed by atoms with Gasteiger partial charge in [0.05, 0.1) is 17.8 Å². The summed E-state index contributed by atoms with van der Waals surface area (Å²) in [5.74, 6) is -0.727. The summed E-state index contributed by atoms with van der Waals surface area (Å²) in [6, 6.07) is 16.8. The summed E-state index contributed by atoms with van der Waals surface area (Å²) in [5, 5.41) is 0. The summed E-state index contributed by atoms with van der Waals surface area (Å²) in [5.41, 5.74) is 2.76. The Morgan fingerprint density at radius 3 is 2.54 bits per heavy atom. The average Bonchev–Trinajstić information content (AvgIpc) is 2.86. The highest BCUT2D eigenvalue weighted by atomic mass is 79.9. The molecule has 4 nitrogen and oxygen atoms in total. The van der Waals surface area contributed by atoms with Crippen LogP contribution in [0.1, 0.15) is 19.4 Å². The number of hydrogen-bond donors (Lipinski definition) is 0. The van der Waals surface area contributed by atoms with Crippen LogP contribution in [0.25, 0.3) is 6.08 Å². The molecule has 1 aliphatic rings. The summed E-state index contributed by atoms with van der Waals surface area (Å²) in [6.07, 6.45) is 1.73. The van der Waals surface area contributed by atoms with Gasteiger partial charge in [-0.05, 0) is 49.8 Å². The van der Waals surface area contributed by atoms with Crippen molar-refractivity contribution in [1.82, 2.24) is 0 Å². The van der Waals surface area contributed by atoms with Gasteiger partial charge >= 0.3 is 5.97 Å². The van der Waals surface area contributed by atoms with E-state index in [2.05, 4.69) is 15.9 Å². The van der Waals surface area contributed by atoms with Crippen LogP contribution >= 0.6 is 15.9 Å². The average molecular weight is 412 g/mol. The molecular weight excluding hydrogens is 394 g/mol. The standard InChI is InChI=1S/C21H18BrNO3/c1-3-26-21(25)19-14(2)23(17-10-5-4-6-11-17)20(24)18(19)13-15-8-7-9-16(22)12-15/h4-13H,3H2,1-2H3/b18-13+. The SMILES string of the molecule is CCOC(=O)C1=C(C)N(c2ccccc2)C(=O)/C1=C/c1cccc(Br)c1. The summed E-state index contributed by atoms with van der Waals surface area (Å²) < 4.78 is 6.09. The van der Waals surface area contributed by atoms with Crippen molar-refractivity contribution < 1.29 is 14.3 Å². The van der Waals surface area contributed by atoms with Gasteiger partial charge in [-0.25, -0.2) is 4.79 Å². The van der Waals surface area contributed by atoms with Crippen LogP contribution in [0.4, 0.5) is 5.69 Å². The van der Waals surface area contributed by atoms with Crippen molar-refractivity contribution in [2.75, 3.05) is 11.5 Å². The molecule has 0 N–H and O–H groups in total. The lowest BCUT2D eigenvalue weighted by Crippen LogP contribution is -2.24. The lowest BCUT2D eigenvalue weighted by Gasteiger charge is -2.17. The molecule has 0 fully saturated rings. The number of rotatable bonds is 4. The Morgan fingerprint density at radius 2 is 1.88 bits per heavy atom. The summed E-state index contributed by atoms with van der Waals surface area (Å²) in [7, 11) is 0. The predicted molar refractivity (Wildman–Crippen MR) is 105 cm³/mol. The molecule has 26 heavy (non-hydrogen) atoms. The molecule has 0 atom stereocenters. The molecule has 0 saturated carbocycles. The minimum absolute atomic E-state index is 0.239. The minimum Gasteiger partial charge on any atom is -0.462 e. The molecule has 0 spiro atoms. The van der Waals surface area contributed by atoms with Crippen LogP contribution < -0.4 is 4.90 Å². The number of benzene rings is 2. The number of para-hydroxylation sites is 1. The van der Waals surface area contributed by atoms with Crippen molar-refractivity contribution in [1.29, 1.82) is 0 Å². The number of esters is 1. The second-order valence-electron chi connectivity index (χ2n) is 5.77. The molecule has 2 aromatic carbocycles. The zero-order valence-electron chi connectivity index (χ0n) is 14.5. The first-order valence-corrected chi connectivity index (χ1v) is 9.07. The third-order valence-corrected chi connectivity index (χ3v) is 4.55. The largest absolute Gasteiger partial charge is 0.462 e. The molecule has 0 radical (unpaired) electrons. The molecule has 2 aromatic rings. The van der Waals surface area contributed by atoms with Crippen LogP contribution in [0, 0.1) is 0 Å². The first kappa shape index (κ1) is 18.1. The van der Waals surface area contributed by atoms with E-state index in [4.69, 9.17) is 4.74 Å². The molecule has 0 bridgehead atoms. The van der Waals surface area contributed by atoms with Crippen molar-refractivity contribution in [2.24, 2.45) is 0 Å². The number of hydrogen-bond acceptors (Lipinski definition) is 3. The van der Waals surface area contributed by atoms with Gasteiger partial charge in [0.1, 0.15) is 0 Å². The monoisotopic (exact) mass is 411 g/mol. The van der Waals surface area contributed by atoms with Crippen molar-refractivity contribution in [3.05, 3.63) is 81.5 Å². The van der Waals surface area contributed by atoms with Crippen LogP contribution in [0.3, 0.4) is 0 Å². The van der Waals surface area contributed by atoms with Gasteiger partial charge < -0.3 is 4.74 Å². The van der Waals surface area contributed by atoms with E-state index in [-0.39, 0.29) is 12.5 Å². The van der Waals surface area contributed by atoms with Gasteiger partial charge in [-0.15, -0.1) is 0 Å². The van der Waals surface area contributed by atoms with E-state index in [0.29, 0.717) is 16.8 Å². The molecule has 0 aliphatic carbocycles. The van der Waals surface area contributed by atoms with E-state index in [1.165, 1.54) is 0 Å². The number of allylic oxidation sites excluding steroid dienone is 1. The van der Waals surface area contributed by atoms with Crippen LogP contribution in [0.15, 0.2) is 75.9 Å². The summed E-state index contributed by atoms with van der Waals surface area (Å²) in [4.78, 5) is 27.2. The highest BCUT2D eigenvalue weighted by Crippen LogP contribution is 2.35. The molecule has 1 amide bonds. The van der Waals surface area contributed by atoms with E-state index in [1.807, 2.05) is 54.6 Å². The molecule has 0 unspecified atom stereocenters. The van der Waals surface area contributed by atoms with Crippen LogP contribution in [0.5, 0.6) is 0 Å². The van der Waals surface area contributed by atoms with Gasteiger partial charge in [0, 0.05) is 15.9 Å². The number of carbonyl (C=O) groups excluding carboxylic acids is 2. The van der Waals surface area contributed by atoms with Crippen molar-refractivity contribution in [3.8, 4) is 0 Å². The zero-order chi connectivity index (χ0) is 18.7. The quantitative estimate of drug-likeness (QED) is 0.540. The van der Waals surface area contributed by atoms with Gasteiger partial charge in [0.2, 0.25) is 0 Å². The normalized spacial score (nSPS) is 15.7. The fourth-order valence-electron chi connectivity index (χ4n) is 2.93. The molecule has 1 heterocycles. The van der Waals surface area contributed by atoms with Gasteiger partial charge in [0.15, 0.2) is 0 Å². The number of halogens is 1. The van der Waals surface area contributed by atoms with Gasteiger partial charge in [-0.2, -0.15) is 0 Å². The smallest absolute Gasteiger partial charge is 0.340 e. The molecule has 3 rings (SSSR count). The third kappa shape index (κ3) is 3.48. The second kappa shape index (κ2) is 7.70. The highest BCUT2D eigenvalue weighted by molar-refractivity contribution is 9.10. The van der Waals surface area contributed by atoms with Crippen molar-refractivity contribution >= 4 is 39.6 Å². The molecular formula is C21H18BrNO3. The van der Waals surface area contributed by atoms with Crippen LogP contribution in [-0.4, -0.2) is 18.5 Å². The van der Waals surface area contributed by atoms with Gasteiger partial charge in [-0.3, -0.25) is 9.69 Å². The van der Waals surface area contributed by atoms with Crippen molar-refractivity contribution in [3.63, 3.8) is 0 Å². The Balaban J connectivity index is 2.13.